The zero-order valence-electron chi connectivity index (χ0n) is 27.1. The van der Waals surface area contributed by atoms with Gasteiger partial charge in [0.1, 0.15) is 0 Å². The van der Waals surface area contributed by atoms with E-state index in [0.29, 0.717) is 0 Å². The summed E-state index contributed by atoms with van der Waals surface area (Å²) in [5.74, 6) is 0. The fraction of sp³-hybridized carbons (Fsp3) is 0.0952. The van der Waals surface area contributed by atoms with Crippen LogP contribution in [-0.2, 0) is 17.4 Å². The Hall–Kier alpha value is -3.66. The zero-order chi connectivity index (χ0) is 31.3. The Morgan fingerprint density at radius 1 is 0.500 bits per heavy atom. The molecule has 6 aromatic rings. The van der Waals surface area contributed by atoms with E-state index >= 15 is 0 Å². The summed E-state index contributed by atoms with van der Waals surface area (Å²) in [6.07, 6.45) is 13.8. The average Bonchev–Trinajstić information content (AvgIpc) is 3.78. The fourth-order valence-corrected chi connectivity index (χ4v) is 33.3. The minimum absolute atomic E-state index is 0. The summed E-state index contributed by atoms with van der Waals surface area (Å²) in [5, 5.41) is 0. The van der Waals surface area contributed by atoms with E-state index in [0.717, 1.165) is 11.4 Å². The number of halogens is 2. The number of pyridine rings is 2. The quantitative estimate of drug-likeness (QED) is 0.159. The first-order chi connectivity index (χ1) is 22.5. The van der Waals surface area contributed by atoms with Gasteiger partial charge in [-0.2, -0.15) is 0 Å². The second kappa shape index (κ2) is 13.3. The molecule has 0 N–H and O–H groups in total. The van der Waals surface area contributed by atoms with Crippen LogP contribution in [0.25, 0.3) is 34.7 Å². The maximum atomic E-state index is 4.80. The van der Waals surface area contributed by atoms with Gasteiger partial charge in [-0.15, -0.1) is 24.8 Å². The Morgan fingerprint density at radius 2 is 0.896 bits per heavy atom. The summed E-state index contributed by atoms with van der Waals surface area (Å²) in [4.78, 5) is 9.60. The van der Waals surface area contributed by atoms with Gasteiger partial charge in [-0.3, -0.25) is 0 Å². The molecule has 0 aliphatic heterocycles. The molecule has 0 spiro atoms. The van der Waals surface area contributed by atoms with Gasteiger partial charge in [0.05, 0.1) is 0 Å². The molecule has 0 bridgehead atoms. The Labute approximate surface area is 298 Å². The molecule has 0 saturated carbocycles. The first kappa shape index (κ1) is 34.2. The van der Waals surface area contributed by atoms with Gasteiger partial charge in [0, 0.05) is 0 Å². The Balaban J connectivity index is 0.00000201. The predicted molar refractivity (Wildman–Crippen MR) is 208 cm³/mol. The van der Waals surface area contributed by atoms with Crippen LogP contribution in [0.3, 0.4) is 0 Å². The van der Waals surface area contributed by atoms with E-state index in [-0.39, 0.29) is 32.1 Å². The van der Waals surface area contributed by atoms with Crippen molar-refractivity contribution >= 4 is 50.4 Å². The molecule has 2 nitrogen and oxygen atoms in total. The SMILES string of the molecule is Cc1ccc(-c2ccccn2)c2c1[CH]([Zr](=[SiH2])([c]1ccccc1)([c]1ccccc1)[CH]1C=Cc3c(-c4ccccn4)ccc(C)c31)C=C2.Cl.Cl. The molecule has 8 rings (SSSR count). The Bertz CT molecular complexity index is 2070. The minimum atomic E-state index is -4.61. The smallest absolute Gasteiger partial charge is 0.147 e. The molecule has 0 radical (unpaired) electrons. The number of benzene rings is 4. The van der Waals surface area contributed by atoms with Crippen molar-refractivity contribution < 1.29 is 17.4 Å². The van der Waals surface area contributed by atoms with Gasteiger partial charge >= 0.3 is 276 Å². The van der Waals surface area contributed by atoms with Crippen LogP contribution in [0.4, 0.5) is 0 Å². The van der Waals surface area contributed by atoms with E-state index in [1.807, 2.05) is 24.5 Å². The molecule has 2 aliphatic carbocycles. The van der Waals surface area contributed by atoms with Crippen LogP contribution in [0.1, 0.15) is 40.6 Å². The number of fused-ring (bicyclic) bond motifs is 2. The van der Waals surface area contributed by atoms with Crippen LogP contribution in [0.2, 0.25) is 0 Å². The first-order valence-electron chi connectivity index (χ1n) is 16.1. The van der Waals surface area contributed by atoms with Crippen molar-refractivity contribution in [1.82, 2.24) is 9.97 Å². The molecule has 2 heterocycles. The first-order valence-corrected chi connectivity index (χ1v) is 27.3. The van der Waals surface area contributed by atoms with Crippen LogP contribution in [-0.4, -0.2) is 16.8 Å². The van der Waals surface area contributed by atoms with Crippen LogP contribution in [0.5, 0.6) is 0 Å². The summed E-state index contributed by atoms with van der Waals surface area (Å²) < 4.78 is 3.54. The van der Waals surface area contributed by atoms with Crippen molar-refractivity contribution in [2.45, 2.75) is 21.1 Å². The van der Waals surface area contributed by atoms with Gasteiger partial charge in [0.15, 0.2) is 0 Å². The van der Waals surface area contributed by atoms with E-state index in [4.69, 9.17) is 9.97 Å². The normalized spacial score (nSPS) is 16.1. The molecule has 4 aromatic carbocycles. The Morgan fingerprint density at radius 3 is 1.27 bits per heavy atom. The van der Waals surface area contributed by atoms with Crippen LogP contribution in [0, 0.1) is 13.8 Å². The molecule has 6 heteroatoms. The number of hydrogen-bond acceptors (Lipinski definition) is 2. The van der Waals surface area contributed by atoms with Gasteiger partial charge in [0.2, 0.25) is 0 Å². The second-order valence-electron chi connectivity index (χ2n) is 13.0. The second-order valence-corrected chi connectivity index (χ2v) is 35.9. The van der Waals surface area contributed by atoms with Gasteiger partial charge < -0.3 is 0 Å². The fourth-order valence-electron chi connectivity index (χ4n) is 8.58. The standard InChI is InChI=1S/2C15H12N.2C6H5.2ClH.H2Si.Zr/c2*1-11-8-9-14(13-6-4-5-12(11)13)15-7-2-3-10-16-15;2*1-2-4-6-5-3-1;;;;/h2*2-10H,1H3;2*1-5H;2*1H;1H2;. The third-order valence-electron chi connectivity index (χ3n) is 10.8. The summed E-state index contributed by atoms with van der Waals surface area (Å²) in [6.45, 7) is 7.02. The number of aryl methyl sites for hydroxylation is 2. The largest absolute Gasteiger partial charge is 0.147 e. The van der Waals surface area contributed by atoms with Crippen LogP contribution >= 0.6 is 24.8 Å². The molecule has 48 heavy (non-hydrogen) atoms. The summed E-state index contributed by atoms with van der Waals surface area (Å²) in [7, 11) is 0. The van der Waals surface area contributed by atoms with Crippen molar-refractivity contribution in [1.29, 1.82) is 0 Å². The van der Waals surface area contributed by atoms with E-state index in [1.165, 1.54) is 51.1 Å². The van der Waals surface area contributed by atoms with E-state index in [1.54, 1.807) is 0 Å². The van der Waals surface area contributed by atoms with Crippen molar-refractivity contribution in [3.8, 4) is 22.5 Å². The molecule has 0 fully saturated rings. The molecular formula is C42H38Cl2N2SiZr. The average molecular weight is 761 g/mol. The summed E-state index contributed by atoms with van der Waals surface area (Å²) in [5.41, 5.74) is 12.8. The van der Waals surface area contributed by atoms with Gasteiger partial charge in [0.25, 0.3) is 0 Å². The minimum Gasteiger partial charge on any atom is -0.147 e. The molecule has 2 aromatic heterocycles. The molecule has 2 aliphatic rings. The maximum Gasteiger partial charge on any atom is -0.147 e. The molecule has 2 atom stereocenters. The van der Waals surface area contributed by atoms with E-state index in [9.17, 15) is 0 Å². The number of hydrogen-bond donors (Lipinski definition) is 0. The van der Waals surface area contributed by atoms with Gasteiger partial charge in [-0.05, 0) is 0 Å². The van der Waals surface area contributed by atoms with Crippen molar-refractivity contribution in [2.75, 3.05) is 0 Å². The molecule has 0 saturated heterocycles. The number of rotatable bonds is 6. The predicted octanol–water partition coefficient (Wildman–Crippen LogP) is 9.00. The number of nitrogens with zero attached hydrogens (tertiary/aromatic N) is 2. The van der Waals surface area contributed by atoms with Crippen molar-refractivity contribution in [3.05, 3.63) is 179 Å². The molecule has 0 amide bonds. The van der Waals surface area contributed by atoms with Gasteiger partial charge in [-0.25, -0.2) is 0 Å². The Kier molecular flexibility index (Phi) is 9.50. The molecule has 238 valence electrons. The summed E-state index contributed by atoms with van der Waals surface area (Å²) >= 11 is -4.61. The van der Waals surface area contributed by atoms with Gasteiger partial charge in [-0.1, -0.05) is 0 Å². The topological polar surface area (TPSA) is 25.8 Å². The molecular weight excluding hydrogens is 723 g/mol. The third-order valence-corrected chi connectivity index (χ3v) is 38.5. The van der Waals surface area contributed by atoms with Crippen LogP contribution < -0.4 is 6.54 Å². The number of aromatic nitrogens is 2. The zero-order valence-corrected chi connectivity index (χ0v) is 32.6. The van der Waals surface area contributed by atoms with E-state index < -0.39 is 17.4 Å². The molecule has 2 unspecified atom stereocenters. The maximum absolute atomic E-state index is 4.80. The van der Waals surface area contributed by atoms with E-state index in [2.05, 4.69) is 154 Å². The van der Waals surface area contributed by atoms with Crippen molar-refractivity contribution in [2.24, 2.45) is 0 Å². The third kappa shape index (κ3) is 5.00. The summed E-state index contributed by atoms with van der Waals surface area (Å²) in [6, 6.07) is 44.8. The number of allylic oxidation sites excluding steroid dienone is 2. The van der Waals surface area contributed by atoms with Crippen molar-refractivity contribution in [3.63, 3.8) is 0 Å². The van der Waals surface area contributed by atoms with Crippen LogP contribution in [0.15, 0.2) is 146 Å². The monoisotopic (exact) mass is 758 g/mol.